The van der Waals surface area contributed by atoms with E-state index in [1.54, 1.807) is 0 Å². The van der Waals surface area contributed by atoms with E-state index in [0.717, 1.165) is 35.0 Å². The highest BCUT2D eigenvalue weighted by Gasteiger charge is 2.62. The Balaban J connectivity index is 1.52. The molecule has 5 rings (SSSR count). The van der Waals surface area contributed by atoms with Gasteiger partial charge >= 0.3 is 0 Å². The number of likely N-dealkylation sites (tertiary alicyclic amines) is 1. The largest absolute Gasteiger partial charge is 0.312 e. The van der Waals surface area contributed by atoms with Crippen LogP contribution in [0.4, 0.5) is 0 Å². The van der Waals surface area contributed by atoms with Gasteiger partial charge in [-0.2, -0.15) is 0 Å². The zero-order valence-electron chi connectivity index (χ0n) is 17.6. The number of fused-ring (bicyclic) bond motifs is 5. The van der Waals surface area contributed by atoms with E-state index < -0.39 is 5.41 Å². The van der Waals surface area contributed by atoms with Gasteiger partial charge in [0.1, 0.15) is 11.6 Å². The fourth-order valence-corrected chi connectivity index (χ4v) is 7.27. The number of amides is 1. The Labute approximate surface area is 186 Å². The van der Waals surface area contributed by atoms with E-state index in [-0.39, 0.29) is 34.7 Å². The van der Waals surface area contributed by atoms with Crippen molar-refractivity contribution < 1.29 is 14.4 Å². The van der Waals surface area contributed by atoms with Gasteiger partial charge in [-0.1, -0.05) is 48.0 Å². The molecule has 0 aromatic heterocycles. The van der Waals surface area contributed by atoms with Crippen molar-refractivity contribution in [2.45, 2.75) is 58.9 Å². The van der Waals surface area contributed by atoms with Crippen LogP contribution in [0.15, 0.2) is 40.5 Å². The molecule has 1 aliphatic heterocycles. The molecule has 1 aromatic rings. The van der Waals surface area contributed by atoms with Crippen molar-refractivity contribution in [3.05, 3.63) is 46.1 Å². The quantitative estimate of drug-likeness (QED) is 0.608. The molecule has 5 atom stereocenters. The van der Waals surface area contributed by atoms with Gasteiger partial charge in [0.2, 0.25) is 5.91 Å². The van der Waals surface area contributed by atoms with Gasteiger partial charge in [0.05, 0.1) is 6.54 Å². The molecule has 0 bridgehead atoms. The number of allylic oxidation sites excluding steroid dienone is 2. The van der Waals surface area contributed by atoms with Crippen LogP contribution in [0, 0.1) is 28.6 Å². The Morgan fingerprint density at radius 3 is 2.53 bits per heavy atom. The number of hydrogen-bond acceptors (Lipinski definition) is 3. The molecule has 0 radical (unpaired) electrons. The molecule has 1 amide bonds. The second-order valence-corrected chi connectivity index (χ2v) is 11.0. The highest BCUT2D eigenvalue weighted by molar-refractivity contribution is 9.10. The first-order valence-corrected chi connectivity index (χ1v) is 11.8. The Morgan fingerprint density at radius 2 is 1.80 bits per heavy atom. The molecule has 1 saturated heterocycles. The third kappa shape index (κ3) is 2.80. The maximum Gasteiger partial charge on any atom is 0.227 e. The van der Waals surface area contributed by atoms with Crippen LogP contribution < -0.4 is 0 Å². The highest BCUT2D eigenvalue weighted by atomic mass is 79.9. The van der Waals surface area contributed by atoms with Gasteiger partial charge in [0.15, 0.2) is 0 Å². The summed E-state index contributed by atoms with van der Waals surface area (Å²) in [5.41, 5.74) is 1.32. The minimum atomic E-state index is -0.471. The van der Waals surface area contributed by atoms with Gasteiger partial charge < -0.3 is 4.90 Å². The fourth-order valence-electron chi connectivity index (χ4n) is 7.01. The SMILES string of the molecule is C[C@]12CCC(=O)N(Cc3ccc(Br)cc3)C1=CC[C@@H]1[C@@H]2C(=O)C[C@]2(C)C(=O)CC[C@@H]12. The fraction of sp³-hybridized carbons (Fsp3) is 0.560. The first kappa shape index (κ1) is 20.2. The Morgan fingerprint density at radius 1 is 1.07 bits per heavy atom. The van der Waals surface area contributed by atoms with E-state index in [1.165, 1.54) is 0 Å². The number of carbonyl (C=O) groups excluding carboxylic acids is 3. The number of rotatable bonds is 2. The second kappa shape index (κ2) is 6.88. The van der Waals surface area contributed by atoms with Gasteiger partial charge in [-0.3, -0.25) is 14.4 Å². The van der Waals surface area contributed by atoms with Gasteiger partial charge in [-0.05, 0) is 48.8 Å². The zero-order valence-corrected chi connectivity index (χ0v) is 19.2. The van der Waals surface area contributed by atoms with Gasteiger partial charge in [0, 0.05) is 46.2 Å². The molecule has 3 aliphatic carbocycles. The monoisotopic (exact) mass is 469 g/mol. The first-order chi connectivity index (χ1) is 14.2. The van der Waals surface area contributed by atoms with Crippen molar-refractivity contribution in [1.29, 1.82) is 0 Å². The molecule has 2 saturated carbocycles. The lowest BCUT2D eigenvalue weighted by Gasteiger charge is -2.56. The summed E-state index contributed by atoms with van der Waals surface area (Å²) in [5, 5.41) is 0. The van der Waals surface area contributed by atoms with Crippen molar-refractivity contribution in [3.63, 3.8) is 0 Å². The van der Waals surface area contributed by atoms with Gasteiger partial charge in [-0.25, -0.2) is 0 Å². The van der Waals surface area contributed by atoms with Crippen molar-refractivity contribution in [1.82, 2.24) is 4.90 Å². The average Bonchev–Trinajstić information content (AvgIpc) is 3.00. The van der Waals surface area contributed by atoms with E-state index in [0.29, 0.717) is 31.7 Å². The molecule has 0 N–H and O–H groups in total. The summed E-state index contributed by atoms with van der Waals surface area (Å²) in [4.78, 5) is 40.9. The number of hydrogen-bond donors (Lipinski definition) is 0. The normalized spacial score (nSPS) is 38.1. The van der Waals surface area contributed by atoms with E-state index >= 15 is 0 Å². The summed E-state index contributed by atoms with van der Waals surface area (Å²) >= 11 is 3.47. The summed E-state index contributed by atoms with van der Waals surface area (Å²) in [6.07, 6.45) is 6.10. The van der Waals surface area contributed by atoms with Crippen LogP contribution >= 0.6 is 15.9 Å². The lowest BCUT2D eigenvalue weighted by molar-refractivity contribution is -0.152. The maximum absolute atomic E-state index is 13.5. The molecule has 5 heteroatoms. The third-order valence-electron chi connectivity index (χ3n) is 8.53. The number of ketones is 2. The number of carbonyl (C=O) groups is 3. The molecular weight excluding hydrogens is 442 g/mol. The van der Waals surface area contributed by atoms with Crippen LogP contribution in [-0.2, 0) is 20.9 Å². The van der Waals surface area contributed by atoms with Crippen LogP contribution in [0.25, 0.3) is 0 Å². The predicted octanol–water partition coefficient (Wildman–Crippen LogP) is 5.06. The number of Topliss-reactive ketones (excluding diaryl/α,β-unsaturated/α-hetero) is 2. The van der Waals surface area contributed by atoms with E-state index in [9.17, 15) is 14.4 Å². The molecule has 0 spiro atoms. The lowest BCUT2D eigenvalue weighted by atomic mass is 9.49. The van der Waals surface area contributed by atoms with Gasteiger partial charge in [-0.15, -0.1) is 0 Å². The molecule has 0 unspecified atom stereocenters. The number of nitrogens with zero attached hydrogens (tertiary/aromatic N) is 1. The van der Waals surface area contributed by atoms with Crippen molar-refractivity contribution in [2.24, 2.45) is 28.6 Å². The first-order valence-electron chi connectivity index (χ1n) is 11.1. The van der Waals surface area contributed by atoms with Crippen LogP contribution in [0.5, 0.6) is 0 Å². The second-order valence-electron chi connectivity index (χ2n) is 10.1. The Bertz CT molecular complexity index is 967. The van der Waals surface area contributed by atoms with Crippen molar-refractivity contribution in [2.75, 3.05) is 0 Å². The molecule has 4 nitrogen and oxygen atoms in total. The Hall–Kier alpha value is -1.75. The van der Waals surface area contributed by atoms with E-state index in [4.69, 9.17) is 0 Å². The summed E-state index contributed by atoms with van der Waals surface area (Å²) in [6.45, 7) is 4.75. The molecule has 1 aromatic carbocycles. The van der Waals surface area contributed by atoms with Crippen LogP contribution in [-0.4, -0.2) is 22.4 Å². The maximum atomic E-state index is 13.5. The van der Waals surface area contributed by atoms with E-state index in [2.05, 4.69) is 28.9 Å². The number of benzene rings is 1. The van der Waals surface area contributed by atoms with Crippen molar-refractivity contribution >= 4 is 33.4 Å². The molecule has 1 heterocycles. The van der Waals surface area contributed by atoms with Crippen LogP contribution in [0.2, 0.25) is 0 Å². The third-order valence-corrected chi connectivity index (χ3v) is 9.06. The number of halogens is 1. The molecular formula is C25H28BrNO3. The summed E-state index contributed by atoms with van der Waals surface area (Å²) < 4.78 is 1.02. The standard InChI is InChI=1S/C25H28BrNO3/c1-24-12-11-22(30)27(14-15-3-5-16(26)6-4-15)20(24)9-7-17-18-8-10-21(29)25(18,2)13-19(28)23(17)24/h3-6,9,17-18,23H,7-8,10-14H2,1-2H3/t17-,18-,23+,24-,25-/m0/s1. The average molecular weight is 470 g/mol. The highest BCUT2D eigenvalue weighted by Crippen LogP contribution is 2.62. The van der Waals surface area contributed by atoms with E-state index in [1.807, 2.05) is 36.1 Å². The molecule has 4 aliphatic rings. The van der Waals surface area contributed by atoms with Crippen LogP contribution in [0.1, 0.15) is 57.9 Å². The summed E-state index contributed by atoms with van der Waals surface area (Å²) in [6, 6.07) is 8.07. The minimum Gasteiger partial charge on any atom is -0.312 e. The smallest absolute Gasteiger partial charge is 0.227 e. The molecule has 30 heavy (non-hydrogen) atoms. The minimum absolute atomic E-state index is 0.0815. The van der Waals surface area contributed by atoms with Crippen molar-refractivity contribution in [3.8, 4) is 0 Å². The zero-order chi connectivity index (χ0) is 21.3. The summed E-state index contributed by atoms with van der Waals surface area (Å²) in [5.74, 6) is 1.08. The number of piperidine rings is 1. The Kier molecular flexibility index (Phi) is 4.62. The van der Waals surface area contributed by atoms with Crippen LogP contribution in [0.3, 0.4) is 0 Å². The predicted molar refractivity (Wildman–Crippen MR) is 117 cm³/mol. The topological polar surface area (TPSA) is 54.5 Å². The van der Waals surface area contributed by atoms with Gasteiger partial charge in [0.25, 0.3) is 0 Å². The molecule has 158 valence electrons. The molecule has 3 fully saturated rings. The lowest BCUT2D eigenvalue weighted by Crippen LogP contribution is -2.57. The summed E-state index contributed by atoms with van der Waals surface area (Å²) in [7, 11) is 0.